The molecule has 0 heterocycles. The van der Waals surface area contributed by atoms with Gasteiger partial charge in [-0.05, 0) is 42.3 Å². The molecule has 0 saturated heterocycles. The fourth-order valence-corrected chi connectivity index (χ4v) is 2.43. The van der Waals surface area contributed by atoms with Crippen LogP contribution >= 0.6 is 11.6 Å². The van der Waals surface area contributed by atoms with Gasteiger partial charge in [0.25, 0.3) is 0 Å². The quantitative estimate of drug-likeness (QED) is 0.875. The predicted octanol–water partition coefficient (Wildman–Crippen LogP) is 3.78. The first kappa shape index (κ1) is 17.2. The van der Waals surface area contributed by atoms with E-state index in [-0.39, 0.29) is 18.4 Å². The molecule has 0 aliphatic carbocycles. The second-order valence-corrected chi connectivity index (χ2v) is 5.64. The normalized spacial score (nSPS) is 11.7. The lowest BCUT2D eigenvalue weighted by atomic mass is 10.1. The summed E-state index contributed by atoms with van der Waals surface area (Å²) < 4.78 is 10.4. The average Bonchev–Trinajstić information content (AvgIpc) is 2.55. The number of rotatable bonds is 6. The minimum atomic E-state index is -0.0834. The lowest BCUT2D eigenvalue weighted by Crippen LogP contribution is -2.28. The van der Waals surface area contributed by atoms with Gasteiger partial charge >= 0.3 is 0 Å². The molecule has 0 aliphatic heterocycles. The molecule has 0 aromatic heterocycles. The van der Waals surface area contributed by atoms with Crippen molar-refractivity contribution in [3.05, 3.63) is 58.6 Å². The molecule has 0 radical (unpaired) electrons. The Balaban J connectivity index is 2.00. The smallest absolute Gasteiger partial charge is 0.224 e. The molecule has 5 heteroatoms. The summed E-state index contributed by atoms with van der Waals surface area (Å²) in [6, 6.07) is 12.8. The Labute approximate surface area is 141 Å². The van der Waals surface area contributed by atoms with E-state index < -0.39 is 0 Å². The largest absolute Gasteiger partial charge is 0.493 e. The van der Waals surface area contributed by atoms with Crippen LogP contribution in [0.2, 0.25) is 5.02 Å². The third kappa shape index (κ3) is 4.63. The maximum Gasteiger partial charge on any atom is 0.224 e. The number of carbonyl (C=O) groups is 1. The zero-order chi connectivity index (χ0) is 16.8. The molecule has 1 N–H and O–H groups in total. The van der Waals surface area contributed by atoms with Crippen LogP contribution in [0.3, 0.4) is 0 Å². The molecule has 0 fully saturated rings. The van der Waals surface area contributed by atoms with E-state index in [9.17, 15) is 4.79 Å². The molecule has 1 amide bonds. The van der Waals surface area contributed by atoms with Crippen molar-refractivity contribution in [3.63, 3.8) is 0 Å². The number of benzene rings is 2. The number of ether oxygens (including phenoxy) is 2. The summed E-state index contributed by atoms with van der Waals surface area (Å²) in [7, 11) is 3.16. The van der Waals surface area contributed by atoms with Crippen molar-refractivity contribution in [3.8, 4) is 11.5 Å². The monoisotopic (exact) mass is 333 g/mol. The Bertz CT molecular complexity index is 670. The lowest BCUT2D eigenvalue weighted by Gasteiger charge is -2.15. The topological polar surface area (TPSA) is 47.6 Å². The summed E-state index contributed by atoms with van der Waals surface area (Å²) >= 11 is 5.87. The third-order valence-electron chi connectivity index (χ3n) is 3.56. The maximum atomic E-state index is 12.2. The van der Waals surface area contributed by atoms with Crippen LogP contribution < -0.4 is 14.8 Å². The zero-order valence-corrected chi connectivity index (χ0v) is 14.2. The van der Waals surface area contributed by atoms with Crippen LogP contribution in [0.4, 0.5) is 0 Å². The first-order chi connectivity index (χ1) is 11.0. The van der Waals surface area contributed by atoms with E-state index in [0.29, 0.717) is 16.5 Å². The molecule has 0 aliphatic rings. The van der Waals surface area contributed by atoms with Crippen LogP contribution in [0, 0.1) is 0 Å². The molecule has 1 atom stereocenters. The molecule has 4 nitrogen and oxygen atoms in total. The highest BCUT2D eigenvalue weighted by Gasteiger charge is 2.12. The van der Waals surface area contributed by atoms with Gasteiger partial charge in [0, 0.05) is 5.02 Å². The number of methoxy groups -OCH3 is 2. The summed E-state index contributed by atoms with van der Waals surface area (Å²) in [6.07, 6.45) is 0.276. The van der Waals surface area contributed by atoms with Gasteiger partial charge < -0.3 is 14.8 Å². The van der Waals surface area contributed by atoms with Crippen molar-refractivity contribution in [1.82, 2.24) is 5.32 Å². The van der Waals surface area contributed by atoms with Crippen molar-refractivity contribution < 1.29 is 14.3 Å². The number of amides is 1. The van der Waals surface area contributed by atoms with Crippen molar-refractivity contribution in [1.29, 1.82) is 0 Å². The minimum absolute atomic E-state index is 0.0559. The predicted molar refractivity (Wildman–Crippen MR) is 91.3 cm³/mol. The van der Waals surface area contributed by atoms with Gasteiger partial charge in [0.2, 0.25) is 5.91 Å². The van der Waals surface area contributed by atoms with E-state index in [0.717, 1.165) is 11.1 Å². The van der Waals surface area contributed by atoms with Gasteiger partial charge in [-0.25, -0.2) is 0 Å². The van der Waals surface area contributed by atoms with E-state index in [1.807, 2.05) is 43.3 Å². The van der Waals surface area contributed by atoms with Gasteiger partial charge in [0.05, 0.1) is 26.7 Å². The van der Waals surface area contributed by atoms with Gasteiger partial charge in [-0.3, -0.25) is 4.79 Å². The summed E-state index contributed by atoms with van der Waals surface area (Å²) in [5.41, 5.74) is 1.87. The molecule has 2 rings (SSSR count). The molecule has 23 heavy (non-hydrogen) atoms. The fourth-order valence-electron chi connectivity index (χ4n) is 2.30. The Morgan fingerprint density at radius 3 is 2.35 bits per heavy atom. The van der Waals surface area contributed by atoms with Crippen molar-refractivity contribution >= 4 is 17.5 Å². The fraction of sp³-hybridized carbons (Fsp3) is 0.278. The van der Waals surface area contributed by atoms with Crippen LogP contribution in [0.1, 0.15) is 24.1 Å². The Kier molecular flexibility index (Phi) is 5.88. The molecule has 0 unspecified atom stereocenters. The Hall–Kier alpha value is -2.20. The number of halogens is 1. The van der Waals surface area contributed by atoms with Crippen LogP contribution in [0.25, 0.3) is 0 Å². The number of nitrogens with one attached hydrogen (secondary N) is 1. The summed E-state index contributed by atoms with van der Waals surface area (Å²) in [5, 5.41) is 3.65. The van der Waals surface area contributed by atoms with Crippen molar-refractivity contribution in [2.45, 2.75) is 19.4 Å². The first-order valence-electron chi connectivity index (χ1n) is 7.29. The molecule has 122 valence electrons. The number of carbonyl (C=O) groups excluding carboxylic acids is 1. The molecule has 0 bridgehead atoms. The van der Waals surface area contributed by atoms with Gasteiger partial charge in [-0.2, -0.15) is 0 Å². The molecular formula is C18H20ClNO3. The standard InChI is InChI=1S/C18H20ClNO3/c1-12(14-5-7-15(19)8-6-14)20-18(21)11-13-4-9-16(22-2)17(10-13)23-3/h4-10,12H,11H2,1-3H3,(H,20,21)/t12-/m1/s1. The maximum absolute atomic E-state index is 12.2. The zero-order valence-electron chi connectivity index (χ0n) is 13.4. The molecule has 0 saturated carbocycles. The van der Waals surface area contributed by atoms with E-state index in [1.54, 1.807) is 20.3 Å². The van der Waals surface area contributed by atoms with Gasteiger partial charge in [-0.1, -0.05) is 29.8 Å². The second kappa shape index (κ2) is 7.88. The first-order valence-corrected chi connectivity index (χ1v) is 7.67. The van der Waals surface area contributed by atoms with E-state index >= 15 is 0 Å². The van der Waals surface area contributed by atoms with E-state index in [4.69, 9.17) is 21.1 Å². The average molecular weight is 334 g/mol. The number of hydrogen-bond donors (Lipinski definition) is 1. The van der Waals surface area contributed by atoms with Crippen LogP contribution in [-0.4, -0.2) is 20.1 Å². The molecule has 2 aromatic rings. The summed E-state index contributed by atoms with van der Waals surface area (Å²) in [4.78, 5) is 12.2. The highest BCUT2D eigenvalue weighted by Crippen LogP contribution is 2.27. The second-order valence-electron chi connectivity index (χ2n) is 5.21. The molecular weight excluding hydrogens is 314 g/mol. The summed E-state index contributed by atoms with van der Waals surface area (Å²) in [6.45, 7) is 1.94. The van der Waals surface area contributed by atoms with Crippen molar-refractivity contribution in [2.75, 3.05) is 14.2 Å². The molecule has 2 aromatic carbocycles. The SMILES string of the molecule is COc1ccc(CC(=O)N[C@H](C)c2ccc(Cl)cc2)cc1OC. The molecule has 0 spiro atoms. The summed E-state index contributed by atoms with van der Waals surface area (Å²) in [5.74, 6) is 1.20. The Morgan fingerprint density at radius 2 is 1.74 bits per heavy atom. The Morgan fingerprint density at radius 1 is 1.09 bits per heavy atom. The highest BCUT2D eigenvalue weighted by atomic mass is 35.5. The van der Waals surface area contributed by atoms with Crippen molar-refractivity contribution in [2.24, 2.45) is 0 Å². The van der Waals surface area contributed by atoms with Gasteiger partial charge in [0.1, 0.15) is 0 Å². The highest BCUT2D eigenvalue weighted by molar-refractivity contribution is 6.30. The van der Waals surface area contributed by atoms with Gasteiger partial charge in [-0.15, -0.1) is 0 Å². The van der Waals surface area contributed by atoms with Gasteiger partial charge in [0.15, 0.2) is 11.5 Å². The van der Waals surface area contributed by atoms with Crippen LogP contribution in [-0.2, 0) is 11.2 Å². The third-order valence-corrected chi connectivity index (χ3v) is 3.81. The van der Waals surface area contributed by atoms with E-state index in [1.165, 1.54) is 0 Å². The van der Waals surface area contributed by atoms with Crippen LogP contribution in [0.15, 0.2) is 42.5 Å². The van der Waals surface area contributed by atoms with E-state index in [2.05, 4.69) is 5.32 Å². The minimum Gasteiger partial charge on any atom is -0.493 e. The van der Waals surface area contributed by atoms with Crippen LogP contribution in [0.5, 0.6) is 11.5 Å². The lowest BCUT2D eigenvalue weighted by molar-refractivity contribution is -0.121. The number of hydrogen-bond acceptors (Lipinski definition) is 3.